The Kier molecular flexibility index (Phi) is 4.83. The molecule has 6 unspecified atom stereocenters. The van der Waals surface area contributed by atoms with Gasteiger partial charge in [0.05, 0.1) is 6.10 Å². The SMILES string of the molecule is CC(=O)OCC(=O)[C@@]1(O)CCC2C3CCC4=CC(=O)CCC4(C)C3(F)C(O)CC21C. The average Bonchev–Trinajstić information content (AvgIpc) is 2.94. The van der Waals surface area contributed by atoms with E-state index in [2.05, 4.69) is 0 Å². The molecule has 4 aliphatic carbocycles. The highest BCUT2D eigenvalue weighted by molar-refractivity contribution is 5.92. The van der Waals surface area contributed by atoms with E-state index in [1.54, 1.807) is 13.0 Å². The fourth-order valence-corrected chi connectivity index (χ4v) is 7.32. The first kappa shape index (κ1) is 21.6. The van der Waals surface area contributed by atoms with Crippen LogP contribution in [0.3, 0.4) is 0 Å². The first-order valence-electron chi connectivity index (χ1n) is 10.9. The number of hydrogen-bond acceptors (Lipinski definition) is 6. The van der Waals surface area contributed by atoms with Gasteiger partial charge < -0.3 is 14.9 Å². The van der Waals surface area contributed by atoms with Gasteiger partial charge in [-0.25, -0.2) is 4.39 Å². The van der Waals surface area contributed by atoms with E-state index in [0.29, 0.717) is 25.7 Å². The highest BCUT2D eigenvalue weighted by Gasteiger charge is 2.74. The van der Waals surface area contributed by atoms with Crippen LogP contribution in [0.15, 0.2) is 11.6 Å². The number of aliphatic hydroxyl groups excluding tert-OH is 1. The molecule has 30 heavy (non-hydrogen) atoms. The van der Waals surface area contributed by atoms with Gasteiger partial charge in [-0.1, -0.05) is 19.4 Å². The third-order valence-corrected chi connectivity index (χ3v) is 9.06. The molecule has 7 atom stereocenters. The van der Waals surface area contributed by atoms with Gasteiger partial charge in [0, 0.05) is 30.1 Å². The fourth-order valence-electron chi connectivity index (χ4n) is 7.32. The van der Waals surface area contributed by atoms with Crippen LogP contribution in [0.2, 0.25) is 0 Å². The maximum atomic E-state index is 16.9. The van der Waals surface area contributed by atoms with Gasteiger partial charge in [-0.15, -0.1) is 0 Å². The Morgan fingerprint density at radius 2 is 1.90 bits per heavy atom. The van der Waals surface area contributed by atoms with Gasteiger partial charge in [0.2, 0.25) is 5.78 Å². The smallest absolute Gasteiger partial charge is 0.303 e. The molecule has 7 heteroatoms. The number of esters is 1. The molecular formula is C23H31FO6. The summed E-state index contributed by atoms with van der Waals surface area (Å²) in [6.45, 7) is 4.25. The van der Waals surface area contributed by atoms with Crippen molar-refractivity contribution in [1.82, 2.24) is 0 Å². The van der Waals surface area contributed by atoms with Crippen molar-refractivity contribution < 1.29 is 33.7 Å². The molecule has 0 saturated heterocycles. The number of aliphatic hydroxyl groups is 2. The molecule has 4 rings (SSSR count). The Balaban J connectivity index is 1.71. The van der Waals surface area contributed by atoms with Crippen molar-refractivity contribution in [3.63, 3.8) is 0 Å². The number of halogens is 1. The van der Waals surface area contributed by atoms with E-state index in [1.807, 2.05) is 6.92 Å². The molecule has 0 aromatic heterocycles. The summed E-state index contributed by atoms with van der Waals surface area (Å²) in [7, 11) is 0. The minimum Gasteiger partial charge on any atom is -0.458 e. The number of carbonyl (C=O) groups excluding carboxylic acids is 3. The molecule has 0 amide bonds. The summed E-state index contributed by atoms with van der Waals surface area (Å²) in [5.74, 6) is -1.99. The largest absolute Gasteiger partial charge is 0.458 e. The summed E-state index contributed by atoms with van der Waals surface area (Å²) in [6.07, 6.45) is 2.45. The molecule has 2 N–H and O–H groups in total. The lowest BCUT2D eigenvalue weighted by Gasteiger charge is -2.63. The van der Waals surface area contributed by atoms with E-state index in [-0.39, 0.29) is 31.0 Å². The maximum Gasteiger partial charge on any atom is 0.303 e. The quantitative estimate of drug-likeness (QED) is 0.678. The predicted molar refractivity (Wildman–Crippen MR) is 105 cm³/mol. The van der Waals surface area contributed by atoms with Crippen LogP contribution < -0.4 is 0 Å². The first-order valence-corrected chi connectivity index (χ1v) is 10.9. The number of hydrogen-bond donors (Lipinski definition) is 2. The van der Waals surface area contributed by atoms with Gasteiger partial charge in [0.1, 0.15) is 11.3 Å². The molecule has 166 valence electrons. The number of ether oxygens (including phenoxy) is 1. The van der Waals surface area contributed by atoms with Crippen LogP contribution in [0.1, 0.15) is 65.7 Å². The van der Waals surface area contributed by atoms with Crippen molar-refractivity contribution in [3.8, 4) is 0 Å². The van der Waals surface area contributed by atoms with Gasteiger partial charge in [-0.3, -0.25) is 14.4 Å². The van der Waals surface area contributed by atoms with Gasteiger partial charge in [0.15, 0.2) is 12.4 Å². The second kappa shape index (κ2) is 6.70. The van der Waals surface area contributed by atoms with Crippen molar-refractivity contribution >= 4 is 17.5 Å². The topological polar surface area (TPSA) is 101 Å². The summed E-state index contributed by atoms with van der Waals surface area (Å²) in [4.78, 5) is 35.9. The predicted octanol–water partition coefficient (Wildman–Crippen LogP) is 2.44. The van der Waals surface area contributed by atoms with Gasteiger partial charge in [0.25, 0.3) is 0 Å². The molecule has 6 nitrogen and oxygen atoms in total. The molecule has 0 spiro atoms. The highest BCUT2D eigenvalue weighted by atomic mass is 19.1. The van der Waals surface area contributed by atoms with Crippen LogP contribution in [-0.4, -0.2) is 51.7 Å². The zero-order valence-corrected chi connectivity index (χ0v) is 17.9. The zero-order valence-electron chi connectivity index (χ0n) is 17.9. The van der Waals surface area contributed by atoms with Gasteiger partial charge in [-0.2, -0.15) is 0 Å². The van der Waals surface area contributed by atoms with Crippen molar-refractivity contribution in [2.75, 3.05) is 6.61 Å². The second-order valence-corrected chi connectivity index (χ2v) is 10.2. The summed E-state index contributed by atoms with van der Waals surface area (Å²) in [5, 5.41) is 22.6. The van der Waals surface area contributed by atoms with Crippen LogP contribution in [-0.2, 0) is 19.1 Å². The van der Waals surface area contributed by atoms with E-state index in [1.165, 1.54) is 6.92 Å². The Morgan fingerprint density at radius 3 is 2.57 bits per heavy atom. The van der Waals surface area contributed by atoms with Crippen molar-refractivity contribution in [1.29, 1.82) is 0 Å². The van der Waals surface area contributed by atoms with E-state index in [4.69, 9.17) is 4.74 Å². The zero-order chi connectivity index (χ0) is 22.1. The number of carbonyl (C=O) groups is 3. The summed E-state index contributed by atoms with van der Waals surface area (Å²) >= 11 is 0. The van der Waals surface area contributed by atoms with E-state index in [9.17, 15) is 24.6 Å². The third kappa shape index (κ3) is 2.57. The van der Waals surface area contributed by atoms with Gasteiger partial charge in [-0.05, 0) is 50.5 Å². The number of allylic oxidation sites excluding steroid dienone is 1. The number of ketones is 2. The number of rotatable bonds is 3. The average molecular weight is 422 g/mol. The van der Waals surface area contributed by atoms with E-state index in [0.717, 1.165) is 5.57 Å². The van der Waals surface area contributed by atoms with Crippen molar-refractivity contribution in [2.24, 2.45) is 22.7 Å². The van der Waals surface area contributed by atoms with Gasteiger partial charge >= 0.3 is 5.97 Å². The summed E-state index contributed by atoms with van der Waals surface area (Å²) in [5.41, 5.74) is -4.83. The first-order chi connectivity index (χ1) is 13.9. The van der Waals surface area contributed by atoms with Crippen molar-refractivity contribution in [2.45, 2.75) is 83.1 Å². The Bertz CT molecular complexity index is 838. The normalized spacial score (nSPS) is 47.6. The molecule has 0 aromatic carbocycles. The molecule has 0 aliphatic heterocycles. The Labute approximate surface area is 175 Å². The molecule has 0 radical (unpaired) electrons. The minimum absolute atomic E-state index is 0.00553. The van der Waals surface area contributed by atoms with E-state index >= 15 is 4.39 Å². The van der Waals surface area contributed by atoms with Crippen LogP contribution in [0.4, 0.5) is 4.39 Å². The number of fused-ring (bicyclic) bond motifs is 5. The van der Waals surface area contributed by atoms with Crippen LogP contribution in [0, 0.1) is 22.7 Å². The minimum atomic E-state index is -1.91. The molecule has 0 heterocycles. The maximum absolute atomic E-state index is 16.9. The summed E-state index contributed by atoms with van der Waals surface area (Å²) < 4.78 is 21.8. The number of Topliss-reactive ketones (excluding diaryl/α,β-unsaturated/α-hetero) is 1. The molecule has 3 saturated carbocycles. The second-order valence-electron chi connectivity index (χ2n) is 10.2. The molecule has 0 bridgehead atoms. The lowest BCUT2D eigenvalue weighted by molar-refractivity contribution is -0.227. The third-order valence-electron chi connectivity index (χ3n) is 9.06. The Hall–Kier alpha value is -1.60. The molecular weight excluding hydrogens is 391 g/mol. The summed E-state index contributed by atoms with van der Waals surface area (Å²) in [6, 6.07) is 0. The molecule has 3 fully saturated rings. The van der Waals surface area contributed by atoms with Crippen LogP contribution >= 0.6 is 0 Å². The molecule has 0 aromatic rings. The van der Waals surface area contributed by atoms with Crippen LogP contribution in [0.25, 0.3) is 0 Å². The highest BCUT2D eigenvalue weighted by Crippen LogP contribution is 2.70. The monoisotopic (exact) mass is 422 g/mol. The molecule has 4 aliphatic rings. The van der Waals surface area contributed by atoms with E-state index < -0.39 is 52.5 Å². The van der Waals surface area contributed by atoms with Crippen molar-refractivity contribution in [3.05, 3.63) is 11.6 Å². The number of alkyl halides is 1. The fraction of sp³-hybridized carbons (Fsp3) is 0.783. The lowest BCUT2D eigenvalue weighted by atomic mass is 9.44. The van der Waals surface area contributed by atoms with Crippen LogP contribution in [0.5, 0.6) is 0 Å². The lowest BCUT2D eigenvalue weighted by Crippen LogP contribution is -2.69. The Morgan fingerprint density at radius 1 is 1.20 bits per heavy atom. The standard InChI is InChI=1S/C23H31FO6/c1-13(25)30-12-19(28)22(29)9-7-16-17-5-4-14-10-15(26)6-8-20(14,2)23(17,24)18(27)11-21(16,22)3/h10,16-18,27,29H,4-9,11-12H2,1-3H3/t16?,17?,18?,20?,21?,22-,23?/m0/s1.